The van der Waals surface area contributed by atoms with Crippen molar-refractivity contribution in [2.24, 2.45) is 5.41 Å². The lowest BCUT2D eigenvalue weighted by Gasteiger charge is -2.19. The molecule has 82 valence electrons. The number of ketones is 2. The van der Waals surface area contributed by atoms with Gasteiger partial charge in [0.2, 0.25) is 0 Å². The fourth-order valence-corrected chi connectivity index (χ4v) is 1.79. The van der Waals surface area contributed by atoms with Gasteiger partial charge in [0, 0.05) is 6.42 Å². The van der Waals surface area contributed by atoms with E-state index in [1.165, 1.54) is 26.2 Å². The summed E-state index contributed by atoms with van der Waals surface area (Å²) >= 11 is 0. The second-order valence-electron chi connectivity index (χ2n) is 3.68. The lowest BCUT2D eigenvalue weighted by atomic mass is 9.84. The maximum absolute atomic E-state index is 11.6. The number of allylic oxidation sites excluding steroid dienone is 1. The van der Waals surface area contributed by atoms with Gasteiger partial charge in [-0.25, -0.2) is 0 Å². The van der Waals surface area contributed by atoms with E-state index in [1.807, 2.05) is 0 Å². The zero-order chi connectivity index (χ0) is 11.5. The number of hydrogen-bond donors (Lipinski definition) is 0. The average Bonchev–Trinajstić information content (AvgIpc) is 2.57. The van der Waals surface area contributed by atoms with Crippen LogP contribution in [-0.2, 0) is 19.1 Å². The smallest absolute Gasteiger partial charge is 0.323 e. The van der Waals surface area contributed by atoms with Gasteiger partial charge in [-0.1, -0.05) is 6.08 Å². The van der Waals surface area contributed by atoms with E-state index in [-0.39, 0.29) is 11.6 Å². The van der Waals surface area contributed by atoms with Gasteiger partial charge >= 0.3 is 5.97 Å². The molecular weight excluding hydrogens is 196 g/mol. The molecule has 0 bridgehead atoms. The van der Waals surface area contributed by atoms with Gasteiger partial charge in [0.05, 0.1) is 7.11 Å². The Labute approximate surface area is 88.3 Å². The molecule has 0 aromatic rings. The second kappa shape index (κ2) is 4.38. The monoisotopic (exact) mass is 210 g/mol. The molecule has 0 aromatic heterocycles. The van der Waals surface area contributed by atoms with Crippen LogP contribution in [0.5, 0.6) is 0 Å². The molecule has 1 fully saturated rings. The van der Waals surface area contributed by atoms with Crippen LogP contribution in [0.1, 0.15) is 26.2 Å². The first kappa shape index (κ1) is 11.6. The summed E-state index contributed by atoms with van der Waals surface area (Å²) in [4.78, 5) is 34.0. The lowest BCUT2D eigenvalue weighted by molar-refractivity contribution is -0.153. The molecule has 1 rings (SSSR count). The van der Waals surface area contributed by atoms with E-state index in [9.17, 15) is 14.4 Å². The average molecular weight is 210 g/mol. The molecule has 4 heteroatoms. The Morgan fingerprint density at radius 1 is 1.47 bits per heavy atom. The number of hydrogen-bond acceptors (Lipinski definition) is 4. The highest BCUT2D eigenvalue weighted by atomic mass is 16.5. The summed E-state index contributed by atoms with van der Waals surface area (Å²) in [7, 11) is 1.25. The molecule has 0 N–H and O–H groups in total. The van der Waals surface area contributed by atoms with Crippen molar-refractivity contribution in [3.63, 3.8) is 0 Å². The fourth-order valence-electron chi connectivity index (χ4n) is 1.79. The van der Waals surface area contributed by atoms with Crippen molar-refractivity contribution in [2.75, 3.05) is 7.11 Å². The van der Waals surface area contributed by atoms with E-state index in [0.717, 1.165) is 0 Å². The largest absolute Gasteiger partial charge is 0.468 e. The van der Waals surface area contributed by atoms with Crippen molar-refractivity contribution in [1.82, 2.24) is 0 Å². The van der Waals surface area contributed by atoms with E-state index in [1.54, 1.807) is 0 Å². The van der Waals surface area contributed by atoms with Crippen molar-refractivity contribution in [3.05, 3.63) is 12.2 Å². The molecule has 0 radical (unpaired) electrons. The minimum absolute atomic E-state index is 0.160. The maximum Gasteiger partial charge on any atom is 0.323 e. The lowest BCUT2D eigenvalue weighted by Crippen LogP contribution is -2.34. The third kappa shape index (κ3) is 2.14. The van der Waals surface area contributed by atoms with E-state index in [2.05, 4.69) is 4.74 Å². The molecule has 0 heterocycles. The summed E-state index contributed by atoms with van der Waals surface area (Å²) < 4.78 is 4.62. The van der Waals surface area contributed by atoms with Gasteiger partial charge in [-0.2, -0.15) is 0 Å². The first-order chi connectivity index (χ1) is 7.03. The van der Waals surface area contributed by atoms with Crippen molar-refractivity contribution >= 4 is 17.5 Å². The molecule has 1 aliphatic carbocycles. The van der Waals surface area contributed by atoms with Crippen molar-refractivity contribution < 1.29 is 19.1 Å². The van der Waals surface area contributed by atoms with E-state index < -0.39 is 11.4 Å². The molecule has 0 aromatic carbocycles. The first-order valence-electron chi connectivity index (χ1n) is 4.84. The predicted molar refractivity (Wildman–Crippen MR) is 53.1 cm³/mol. The highest BCUT2D eigenvalue weighted by molar-refractivity contribution is 6.08. The van der Waals surface area contributed by atoms with Crippen LogP contribution in [0.15, 0.2) is 12.2 Å². The third-order valence-corrected chi connectivity index (χ3v) is 2.62. The fraction of sp³-hybridized carbons (Fsp3) is 0.545. The topological polar surface area (TPSA) is 60.4 Å². The highest BCUT2D eigenvalue weighted by Gasteiger charge is 2.47. The van der Waals surface area contributed by atoms with Crippen LogP contribution < -0.4 is 0 Å². The van der Waals surface area contributed by atoms with Gasteiger partial charge in [0.15, 0.2) is 11.6 Å². The number of carbonyl (C=O) groups excluding carboxylic acids is 3. The quantitative estimate of drug-likeness (QED) is 0.397. The Morgan fingerprint density at radius 3 is 2.53 bits per heavy atom. The van der Waals surface area contributed by atoms with Crippen LogP contribution in [0.3, 0.4) is 0 Å². The van der Waals surface area contributed by atoms with Gasteiger partial charge in [-0.15, -0.1) is 0 Å². The number of ether oxygens (including phenoxy) is 1. The van der Waals surface area contributed by atoms with Crippen LogP contribution in [0, 0.1) is 5.41 Å². The van der Waals surface area contributed by atoms with Crippen molar-refractivity contribution in [1.29, 1.82) is 0 Å². The Morgan fingerprint density at radius 2 is 2.13 bits per heavy atom. The van der Waals surface area contributed by atoms with E-state index in [0.29, 0.717) is 19.3 Å². The van der Waals surface area contributed by atoms with Crippen LogP contribution in [-0.4, -0.2) is 24.6 Å². The summed E-state index contributed by atoms with van der Waals surface area (Å²) in [6.45, 7) is 1.38. The third-order valence-electron chi connectivity index (χ3n) is 2.62. The molecule has 15 heavy (non-hydrogen) atoms. The minimum Gasteiger partial charge on any atom is -0.468 e. The first-order valence-corrected chi connectivity index (χ1v) is 4.84. The van der Waals surface area contributed by atoms with Crippen molar-refractivity contribution in [3.8, 4) is 0 Å². The SMILES string of the molecule is COC(=O)[C@]1(/C=C\C(C)=O)CCCC1=O. The van der Waals surface area contributed by atoms with Gasteiger partial charge in [0.25, 0.3) is 0 Å². The number of carbonyl (C=O) groups is 3. The van der Waals surface area contributed by atoms with Crippen LogP contribution in [0.25, 0.3) is 0 Å². The molecule has 0 unspecified atom stereocenters. The molecule has 4 nitrogen and oxygen atoms in total. The van der Waals surface area contributed by atoms with Gasteiger partial charge in [0.1, 0.15) is 5.41 Å². The molecule has 1 atom stereocenters. The zero-order valence-corrected chi connectivity index (χ0v) is 8.91. The van der Waals surface area contributed by atoms with Gasteiger partial charge in [-0.05, 0) is 25.8 Å². The number of methoxy groups -OCH3 is 1. The standard InChI is InChI=1S/C11H14O4/c1-8(12)5-7-11(10(14)15-2)6-3-4-9(11)13/h5,7H,3-4,6H2,1-2H3/b7-5-/t11-/m0/s1. The van der Waals surface area contributed by atoms with Gasteiger partial charge in [-0.3, -0.25) is 14.4 Å². The maximum atomic E-state index is 11.6. The molecule has 1 saturated carbocycles. The molecular formula is C11H14O4. The van der Waals surface area contributed by atoms with Crippen molar-refractivity contribution in [2.45, 2.75) is 26.2 Å². The summed E-state index contributed by atoms with van der Waals surface area (Å²) in [6, 6.07) is 0. The molecule has 0 saturated heterocycles. The zero-order valence-electron chi connectivity index (χ0n) is 8.91. The van der Waals surface area contributed by atoms with Crippen LogP contribution >= 0.6 is 0 Å². The van der Waals surface area contributed by atoms with Gasteiger partial charge < -0.3 is 4.74 Å². The number of esters is 1. The normalized spacial score (nSPS) is 25.9. The Balaban J connectivity index is 3.02. The summed E-state index contributed by atoms with van der Waals surface area (Å²) in [5, 5.41) is 0. The molecule has 0 amide bonds. The molecule has 0 aliphatic heterocycles. The summed E-state index contributed by atoms with van der Waals surface area (Å²) in [5.74, 6) is -0.910. The predicted octanol–water partition coefficient (Wildman–Crippen LogP) is 1.04. The highest BCUT2D eigenvalue weighted by Crippen LogP contribution is 2.37. The molecule has 0 spiro atoms. The van der Waals surface area contributed by atoms with E-state index in [4.69, 9.17) is 0 Å². The van der Waals surface area contributed by atoms with E-state index >= 15 is 0 Å². The second-order valence-corrected chi connectivity index (χ2v) is 3.68. The Hall–Kier alpha value is -1.45. The molecule has 1 aliphatic rings. The number of Topliss-reactive ketones (excluding diaryl/α,β-unsaturated/α-hetero) is 1. The summed E-state index contributed by atoms with van der Waals surface area (Å²) in [5.41, 5.74) is -1.21. The van der Waals surface area contributed by atoms with Crippen LogP contribution in [0.4, 0.5) is 0 Å². The Kier molecular flexibility index (Phi) is 3.39. The summed E-state index contributed by atoms with van der Waals surface area (Å²) in [6.07, 6.45) is 4.12. The van der Waals surface area contributed by atoms with Crippen LogP contribution in [0.2, 0.25) is 0 Å². The number of rotatable bonds is 3. The Bertz CT molecular complexity index is 329. The minimum atomic E-state index is -1.21.